The number of rotatable bonds is 2. The van der Waals surface area contributed by atoms with Crippen LogP contribution in [0, 0.1) is 11.8 Å². The summed E-state index contributed by atoms with van der Waals surface area (Å²) in [7, 11) is 1.77. The molecule has 0 spiro atoms. The molecule has 17 heavy (non-hydrogen) atoms. The molecule has 1 aliphatic rings. The molecular weight excluding hydrogens is 238 g/mol. The molecule has 6 heteroatoms. The predicted octanol–water partition coefficient (Wildman–Crippen LogP) is 2.05. The van der Waals surface area contributed by atoms with E-state index in [2.05, 4.69) is 39.0 Å². The van der Waals surface area contributed by atoms with Crippen LogP contribution in [-0.4, -0.2) is 35.1 Å². The maximum absolute atomic E-state index is 5.89. The van der Waals surface area contributed by atoms with E-state index in [-0.39, 0.29) is 5.28 Å². The number of piperidine rings is 1. The van der Waals surface area contributed by atoms with Gasteiger partial charge in [-0.05, 0) is 29.9 Å². The third kappa shape index (κ3) is 2.97. The fraction of sp³-hybridized carbons (Fsp3) is 0.727. The lowest BCUT2D eigenvalue weighted by Gasteiger charge is -2.34. The van der Waals surface area contributed by atoms with Crippen molar-refractivity contribution in [3.8, 4) is 0 Å². The topological polar surface area (TPSA) is 53.9 Å². The maximum atomic E-state index is 5.89. The van der Waals surface area contributed by atoms with E-state index in [9.17, 15) is 0 Å². The van der Waals surface area contributed by atoms with Gasteiger partial charge in [0.15, 0.2) is 0 Å². The van der Waals surface area contributed by atoms with Gasteiger partial charge >= 0.3 is 0 Å². The van der Waals surface area contributed by atoms with E-state index in [4.69, 9.17) is 11.6 Å². The lowest BCUT2D eigenvalue weighted by Crippen LogP contribution is -2.39. The maximum Gasteiger partial charge on any atom is 0.231 e. The first-order chi connectivity index (χ1) is 8.08. The predicted molar refractivity (Wildman–Crippen MR) is 69.5 cm³/mol. The summed E-state index contributed by atoms with van der Waals surface area (Å²) in [5.74, 6) is 2.51. The van der Waals surface area contributed by atoms with Crippen LogP contribution in [0.1, 0.15) is 20.3 Å². The second-order valence-electron chi connectivity index (χ2n) is 4.83. The Morgan fingerprint density at radius 2 is 1.82 bits per heavy atom. The van der Waals surface area contributed by atoms with E-state index in [0.29, 0.717) is 23.7 Å². The Balaban J connectivity index is 2.23. The molecule has 1 fully saturated rings. The Hall–Kier alpha value is -1.10. The molecule has 1 aromatic heterocycles. The lowest BCUT2D eigenvalue weighted by molar-refractivity contribution is 0.353. The van der Waals surface area contributed by atoms with Gasteiger partial charge in [-0.25, -0.2) is 0 Å². The van der Waals surface area contributed by atoms with Crippen LogP contribution in [0.4, 0.5) is 11.9 Å². The van der Waals surface area contributed by atoms with Gasteiger partial charge in [0.25, 0.3) is 0 Å². The van der Waals surface area contributed by atoms with Gasteiger partial charge in [0.1, 0.15) is 0 Å². The molecule has 1 saturated heterocycles. The van der Waals surface area contributed by atoms with Gasteiger partial charge < -0.3 is 10.2 Å². The molecule has 2 atom stereocenters. The summed E-state index contributed by atoms with van der Waals surface area (Å²) < 4.78 is 0. The van der Waals surface area contributed by atoms with Crippen molar-refractivity contribution in [2.75, 3.05) is 30.4 Å². The highest BCUT2D eigenvalue weighted by Crippen LogP contribution is 2.24. The van der Waals surface area contributed by atoms with Crippen LogP contribution in [0.15, 0.2) is 0 Å². The molecule has 0 bridgehead atoms. The molecule has 2 rings (SSSR count). The zero-order valence-corrected chi connectivity index (χ0v) is 11.2. The summed E-state index contributed by atoms with van der Waals surface area (Å²) >= 11 is 5.89. The largest absolute Gasteiger partial charge is 0.357 e. The van der Waals surface area contributed by atoms with Crippen LogP contribution in [0.2, 0.25) is 5.28 Å². The van der Waals surface area contributed by atoms with E-state index < -0.39 is 0 Å². The summed E-state index contributed by atoms with van der Waals surface area (Å²) in [4.78, 5) is 14.7. The quantitative estimate of drug-likeness (QED) is 0.877. The fourth-order valence-corrected chi connectivity index (χ4v) is 2.57. The molecule has 2 heterocycles. The highest BCUT2D eigenvalue weighted by atomic mass is 35.5. The van der Waals surface area contributed by atoms with Crippen LogP contribution >= 0.6 is 11.6 Å². The summed E-state index contributed by atoms with van der Waals surface area (Å²) in [6.07, 6.45) is 1.26. The van der Waals surface area contributed by atoms with Crippen molar-refractivity contribution in [1.82, 2.24) is 15.0 Å². The van der Waals surface area contributed by atoms with Crippen LogP contribution in [-0.2, 0) is 0 Å². The molecule has 0 aliphatic carbocycles. The number of aromatic nitrogens is 3. The minimum Gasteiger partial charge on any atom is -0.357 e. The molecule has 0 radical (unpaired) electrons. The van der Waals surface area contributed by atoms with Crippen molar-refractivity contribution < 1.29 is 0 Å². The molecule has 1 N–H and O–H groups in total. The minimum atomic E-state index is 0.241. The van der Waals surface area contributed by atoms with Gasteiger partial charge in [-0.15, -0.1) is 0 Å². The Morgan fingerprint density at radius 1 is 1.18 bits per heavy atom. The summed E-state index contributed by atoms with van der Waals surface area (Å²) in [6.45, 7) is 6.47. The summed E-state index contributed by atoms with van der Waals surface area (Å²) in [5.41, 5.74) is 0. The van der Waals surface area contributed by atoms with Gasteiger partial charge in [-0.2, -0.15) is 15.0 Å². The number of halogens is 1. The average Bonchev–Trinajstić information content (AvgIpc) is 2.26. The molecule has 2 unspecified atom stereocenters. The fourth-order valence-electron chi connectivity index (χ4n) is 2.42. The molecule has 1 aromatic rings. The second kappa shape index (κ2) is 5.04. The van der Waals surface area contributed by atoms with E-state index in [1.165, 1.54) is 6.42 Å². The zero-order valence-electron chi connectivity index (χ0n) is 10.4. The summed E-state index contributed by atoms with van der Waals surface area (Å²) in [6, 6.07) is 0. The smallest absolute Gasteiger partial charge is 0.231 e. The normalized spacial score (nSPS) is 24.8. The highest BCUT2D eigenvalue weighted by molar-refractivity contribution is 6.28. The first kappa shape index (κ1) is 12.4. The van der Waals surface area contributed by atoms with Crippen molar-refractivity contribution in [3.05, 3.63) is 5.28 Å². The van der Waals surface area contributed by atoms with Crippen molar-refractivity contribution in [3.63, 3.8) is 0 Å². The molecular formula is C11H18ClN5. The molecule has 0 aromatic carbocycles. The van der Waals surface area contributed by atoms with Gasteiger partial charge in [0.05, 0.1) is 0 Å². The Labute approximate surface area is 107 Å². The number of hydrogen-bond donors (Lipinski definition) is 1. The number of hydrogen-bond acceptors (Lipinski definition) is 5. The average molecular weight is 256 g/mol. The van der Waals surface area contributed by atoms with Gasteiger partial charge in [-0.3, -0.25) is 0 Å². The van der Waals surface area contributed by atoms with Crippen LogP contribution in [0.3, 0.4) is 0 Å². The summed E-state index contributed by atoms with van der Waals surface area (Å²) in [5, 5.41) is 3.14. The van der Waals surface area contributed by atoms with Crippen LogP contribution in [0.5, 0.6) is 0 Å². The number of anilines is 2. The van der Waals surface area contributed by atoms with Crippen molar-refractivity contribution in [2.45, 2.75) is 20.3 Å². The minimum absolute atomic E-state index is 0.241. The van der Waals surface area contributed by atoms with Crippen molar-refractivity contribution in [2.24, 2.45) is 11.8 Å². The monoisotopic (exact) mass is 255 g/mol. The molecule has 94 valence electrons. The van der Waals surface area contributed by atoms with Gasteiger partial charge in [0, 0.05) is 20.1 Å². The molecule has 0 saturated carbocycles. The van der Waals surface area contributed by atoms with Crippen molar-refractivity contribution in [1.29, 1.82) is 0 Å². The number of nitrogens with zero attached hydrogens (tertiary/aromatic N) is 4. The Morgan fingerprint density at radius 3 is 2.41 bits per heavy atom. The molecule has 0 amide bonds. The van der Waals surface area contributed by atoms with Gasteiger partial charge in [-0.1, -0.05) is 13.8 Å². The van der Waals surface area contributed by atoms with E-state index in [1.54, 1.807) is 7.05 Å². The lowest BCUT2D eigenvalue weighted by atomic mass is 9.92. The van der Waals surface area contributed by atoms with Crippen molar-refractivity contribution >= 4 is 23.5 Å². The van der Waals surface area contributed by atoms with E-state index in [1.807, 2.05) is 0 Å². The van der Waals surface area contributed by atoms with Gasteiger partial charge in [0.2, 0.25) is 17.2 Å². The third-order valence-corrected chi connectivity index (χ3v) is 3.14. The van der Waals surface area contributed by atoms with Crippen LogP contribution in [0.25, 0.3) is 0 Å². The van der Waals surface area contributed by atoms with E-state index >= 15 is 0 Å². The SMILES string of the molecule is CNc1nc(Cl)nc(N2CC(C)CC(C)C2)n1. The standard InChI is InChI=1S/C11H18ClN5/c1-7-4-8(2)6-17(5-7)11-15-9(12)14-10(13-3)16-11/h7-8H,4-6H2,1-3H3,(H,13,14,15,16). The third-order valence-electron chi connectivity index (χ3n) is 2.97. The first-order valence-corrected chi connectivity index (χ1v) is 6.30. The van der Waals surface area contributed by atoms with Crippen LogP contribution < -0.4 is 10.2 Å². The number of nitrogens with one attached hydrogen (secondary N) is 1. The van der Waals surface area contributed by atoms with E-state index in [0.717, 1.165) is 13.1 Å². The second-order valence-corrected chi connectivity index (χ2v) is 5.17. The Kier molecular flexibility index (Phi) is 3.66. The molecule has 1 aliphatic heterocycles. The molecule has 5 nitrogen and oxygen atoms in total. The first-order valence-electron chi connectivity index (χ1n) is 5.92. The zero-order chi connectivity index (χ0) is 12.4. The Bertz CT molecular complexity index is 387. The highest BCUT2D eigenvalue weighted by Gasteiger charge is 2.24.